The Kier molecular flexibility index (Phi) is 2.42. The molecule has 2 rings (SSSR count). The lowest BCUT2D eigenvalue weighted by molar-refractivity contribution is -0.384. The second-order valence-electron chi connectivity index (χ2n) is 2.76. The van der Waals surface area contributed by atoms with Crippen LogP contribution in [0.25, 0.3) is 10.9 Å². The smallest absolute Gasteiger partial charge is 0.258 e. The lowest BCUT2D eigenvalue weighted by Gasteiger charge is -1.99. The Labute approximate surface area is 93.8 Å². The second-order valence-corrected chi connectivity index (χ2v) is 3.50. The summed E-state index contributed by atoms with van der Waals surface area (Å²) in [6.45, 7) is 0. The van der Waals surface area contributed by atoms with Gasteiger partial charge >= 0.3 is 0 Å². The van der Waals surface area contributed by atoms with Crippen LogP contribution >= 0.6 is 23.2 Å². The molecule has 0 N–H and O–H groups in total. The first-order chi connectivity index (χ1) is 7.08. The van der Waals surface area contributed by atoms with Gasteiger partial charge in [-0.2, -0.15) is 0 Å². The predicted molar refractivity (Wildman–Crippen MR) is 56.2 cm³/mol. The van der Waals surface area contributed by atoms with E-state index >= 15 is 0 Å². The number of fused-ring (bicyclic) bond motifs is 1. The first kappa shape index (κ1) is 10.1. The minimum absolute atomic E-state index is 0.0299. The molecule has 1 heterocycles. The zero-order chi connectivity index (χ0) is 11.0. The summed E-state index contributed by atoms with van der Waals surface area (Å²) in [7, 11) is 0. The summed E-state index contributed by atoms with van der Waals surface area (Å²) in [4.78, 5) is 17.6. The fourth-order valence-corrected chi connectivity index (χ4v) is 1.53. The van der Waals surface area contributed by atoms with Crippen LogP contribution in [-0.4, -0.2) is 14.9 Å². The van der Waals surface area contributed by atoms with Crippen molar-refractivity contribution in [3.05, 3.63) is 38.8 Å². The zero-order valence-electron chi connectivity index (χ0n) is 7.15. The molecule has 1 aromatic heterocycles. The van der Waals surface area contributed by atoms with E-state index < -0.39 is 4.92 Å². The average Bonchev–Trinajstić information content (AvgIpc) is 2.15. The average molecular weight is 244 g/mol. The number of aromatic nitrogens is 2. The van der Waals surface area contributed by atoms with E-state index in [1.807, 2.05) is 0 Å². The van der Waals surface area contributed by atoms with Crippen molar-refractivity contribution in [1.29, 1.82) is 0 Å². The molecule has 0 unspecified atom stereocenters. The van der Waals surface area contributed by atoms with Crippen LogP contribution in [0.15, 0.2) is 18.3 Å². The first-order valence-corrected chi connectivity index (χ1v) is 4.60. The van der Waals surface area contributed by atoms with Crippen molar-refractivity contribution in [1.82, 2.24) is 9.97 Å². The van der Waals surface area contributed by atoms with Crippen LogP contribution in [-0.2, 0) is 0 Å². The summed E-state index contributed by atoms with van der Waals surface area (Å²) in [6, 6.07) is 2.70. The third kappa shape index (κ3) is 1.84. The van der Waals surface area contributed by atoms with Crippen molar-refractivity contribution in [2.75, 3.05) is 0 Å². The molecule has 1 aromatic carbocycles. The van der Waals surface area contributed by atoms with Gasteiger partial charge in [0.15, 0.2) is 0 Å². The van der Waals surface area contributed by atoms with Crippen LogP contribution in [0.5, 0.6) is 0 Å². The number of hydrogen-bond donors (Lipinski definition) is 0. The van der Waals surface area contributed by atoms with Crippen LogP contribution in [0, 0.1) is 10.1 Å². The minimum atomic E-state index is -0.559. The number of benzene rings is 1. The van der Waals surface area contributed by atoms with E-state index in [-0.39, 0.29) is 16.0 Å². The largest absolute Gasteiger partial charge is 0.288 e. The van der Waals surface area contributed by atoms with Crippen LogP contribution in [0.2, 0.25) is 10.3 Å². The summed E-state index contributed by atoms with van der Waals surface area (Å²) in [5, 5.41) is 11.2. The quantitative estimate of drug-likeness (QED) is 0.439. The molecular weight excluding hydrogens is 241 g/mol. The number of nitro groups is 1. The highest BCUT2D eigenvalue weighted by Gasteiger charge is 2.14. The molecule has 0 saturated carbocycles. The fraction of sp³-hybridized carbons (Fsp3) is 0. The van der Waals surface area contributed by atoms with Gasteiger partial charge in [-0.1, -0.05) is 11.6 Å². The van der Waals surface area contributed by atoms with E-state index in [0.717, 1.165) is 0 Å². The van der Waals surface area contributed by atoms with Gasteiger partial charge in [0.2, 0.25) is 5.28 Å². The Morgan fingerprint density at radius 1 is 1.33 bits per heavy atom. The molecule has 0 bridgehead atoms. The second kappa shape index (κ2) is 3.60. The normalized spacial score (nSPS) is 10.5. The molecule has 76 valence electrons. The van der Waals surface area contributed by atoms with Crippen molar-refractivity contribution in [2.24, 2.45) is 0 Å². The third-order valence-corrected chi connectivity index (χ3v) is 2.30. The molecule has 15 heavy (non-hydrogen) atoms. The summed E-state index contributed by atoms with van der Waals surface area (Å²) >= 11 is 11.3. The van der Waals surface area contributed by atoms with E-state index in [1.54, 1.807) is 0 Å². The highest BCUT2D eigenvalue weighted by Crippen LogP contribution is 2.28. The van der Waals surface area contributed by atoms with Gasteiger partial charge in [-0.05, 0) is 17.7 Å². The van der Waals surface area contributed by atoms with Crippen molar-refractivity contribution in [2.45, 2.75) is 0 Å². The summed E-state index contributed by atoms with van der Waals surface area (Å²) < 4.78 is 0. The molecule has 0 aliphatic rings. The number of halogens is 2. The third-order valence-electron chi connectivity index (χ3n) is 1.82. The standard InChI is InChI=1S/C8H3Cl2N3O2/c9-5-2-6-4(1-7(5)13(14)15)3-11-8(10)12-6/h1-3H. The summed E-state index contributed by atoms with van der Waals surface area (Å²) in [5.74, 6) is 0. The highest BCUT2D eigenvalue weighted by atomic mass is 35.5. The Morgan fingerprint density at radius 3 is 2.73 bits per heavy atom. The highest BCUT2D eigenvalue weighted by molar-refractivity contribution is 6.33. The topological polar surface area (TPSA) is 68.9 Å². The lowest BCUT2D eigenvalue weighted by atomic mass is 10.2. The maximum atomic E-state index is 10.6. The Bertz CT molecular complexity index is 559. The van der Waals surface area contributed by atoms with Crippen LogP contribution in [0.1, 0.15) is 0 Å². The lowest BCUT2D eigenvalue weighted by Crippen LogP contribution is -1.91. The Morgan fingerprint density at radius 2 is 2.07 bits per heavy atom. The van der Waals surface area contributed by atoms with E-state index in [0.29, 0.717) is 10.9 Å². The van der Waals surface area contributed by atoms with Crippen LogP contribution < -0.4 is 0 Å². The first-order valence-electron chi connectivity index (χ1n) is 3.84. The van der Waals surface area contributed by atoms with Crippen molar-refractivity contribution >= 4 is 39.8 Å². The van der Waals surface area contributed by atoms with Gasteiger partial charge in [-0.15, -0.1) is 0 Å². The molecule has 0 saturated heterocycles. The molecule has 0 spiro atoms. The van der Waals surface area contributed by atoms with Gasteiger partial charge in [-0.3, -0.25) is 10.1 Å². The summed E-state index contributed by atoms with van der Waals surface area (Å²) in [5.41, 5.74) is 0.306. The van der Waals surface area contributed by atoms with Crippen molar-refractivity contribution < 1.29 is 4.92 Å². The molecule has 7 heteroatoms. The number of nitrogens with zero attached hydrogens (tertiary/aromatic N) is 3. The molecule has 0 aliphatic carbocycles. The van der Waals surface area contributed by atoms with Gasteiger partial charge in [0.1, 0.15) is 5.02 Å². The van der Waals surface area contributed by atoms with E-state index in [9.17, 15) is 10.1 Å². The fourth-order valence-electron chi connectivity index (χ4n) is 1.16. The van der Waals surface area contributed by atoms with Gasteiger partial charge in [0.05, 0.1) is 10.4 Å². The van der Waals surface area contributed by atoms with E-state index in [2.05, 4.69) is 9.97 Å². The van der Waals surface area contributed by atoms with E-state index in [1.165, 1.54) is 18.3 Å². The maximum Gasteiger partial charge on any atom is 0.288 e. The van der Waals surface area contributed by atoms with Crippen molar-refractivity contribution in [3.63, 3.8) is 0 Å². The number of rotatable bonds is 1. The van der Waals surface area contributed by atoms with Gasteiger partial charge in [-0.25, -0.2) is 9.97 Å². The molecular formula is C8H3Cl2N3O2. The molecule has 0 fully saturated rings. The van der Waals surface area contributed by atoms with Crippen molar-refractivity contribution in [3.8, 4) is 0 Å². The van der Waals surface area contributed by atoms with Gasteiger partial charge in [0.25, 0.3) is 5.69 Å². The molecule has 2 aromatic rings. The van der Waals surface area contributed by atoms with Gasteiger partial charge < -0.3 is 0 Å². The van der Waals surface area contributed by atoms with E-state index in [4.69, 9.17) is 23.2 Å². The van der Waals surface area contributed by atoms with Crippen LogP contribution in [0.4, 0.5) is 5.69 Å². The Hall–Kier alpha value is -1.46. The number of hydrogen-bond acceptors (Lipinski definition) is 4. The summed E-state index contributed by atoms with van der Waals surface area (Å²) in [6.07, 6.45) is 1.41. The molecule has 0 aliphatic heterocycles. The Balaban J connectivity index is 2.76. The zero-order valence-corrected chi connectivity index (χ0v) is 8.66. The number of nitro benzene ring substituents is 1. The predicted octanol–water partition coefficient (Wildman–Crippen LogP) is 2.84. The van der Waals surface area contributed by atoms with Crippen LogP contribution in [0.3, 0.4) is 0 Å². The molecule has 0 amide bonds. The maximum absolute atomic E-state index is 10.6. The van der Waals surface area contributed by atoms with Gasteiger partial charge in [0, 0.05) is 17.6 Å². The minimum Gasteiger partial charge on any atom is -0.258 e. The SMILES string of the molecule is O=[N+]([O-])c1cc2cnc(Cl)nc2cc1Cl. The molecule has 0 radical (unpaired) electrons. The monoisotopic (exact) mass is 243 g/mol. The molecule has 5 nitrogen and oxygen atoms in total. The molecule has 0 atom stereocenters.